The lowest BCUT2D eigenvalue weighted by Crippen LogP contribution is -2.29. The van der Waals surface area contributed by atoms with E-state index < -0.39 is 0 Å². The number of nitrogens with one attached hydrogen (secondary N) is 1. The fourth-order valence-corrected chi connectivity index (χ4v) is 3.14. The first kappa shape index (κ1) is 16.6. The number of hydrogen-bond donors (Lipinski definition) is 1. The summed E-state index contributed by atoms with van der Waals surface area (Å²) >= 11 is 6.36. The molecule has 0 radical (unpaired) electrons. The molecule has 1 aromatic rings. The maximum atomic E-state index is 6.36. The Bertz CT molecular complexity index is 461. The molecule has 0 spiro atoms. The van der Waals surface area contributed by atoms with Gasteiger partial charge in [-0.15, -0.1) is 0 Å². The van der Waals surface area contributed by atoms with Crippen molar-refractivity contribution in [2.75, 3.05) is 0 Å². The van der Waals surface area contributed by atoms with E-state index in [1.54, 1.807) is 0 Å². The van der Waals surface area contributed by atoms with E-state index in [2.05, 4.69) is 33.0 Å². The zero-order valence-corrected chi connectivity index (χ0v) is 14.4. The Balaban J connectivity index is 2.07. The third-order valence-electron chi connectivity index (χ3n) is 4.61. The molecule has 0 heterocycles. The third kappa shape index (κ3) is 4.62. The molecule has 118 valence electrons. The minimum Gasteiger partial charge on any atom is -0.490 e. The van der Waals surface area contributed by atoms with Crippen molar-refractivity contribution in [2.45, 2.75) is 65.6 Å². The summed E-state index contributed by atoms with van der Waals surface area (Å²) in [6.45, 7) is 9.71. The van der Waals surface area contributed by atoms with Gasteiger partial charge in [0.15, 0.2) is 0 Å². The van der Waals surface area contributed by atoms with Crippen LogP contribution in [0.4, 0.5) is 0 Å². The highest BCUT2D eigenvalue weighted by molar-refractivity contribution is 6.31. The Kier molecular flexibility index (Phi) is 5.95. The van der Waals surface area contributed by atoms with Crippen LogP contribution in [0.5, 0.6) is 5.75 Å². The number of halogens is 1. The summed E-state index contributed by atoms with van der Waals surface area (Å²) in [5.74, 6) is 2.49. The molecular weight excluding hydrogens is 282 g/mol. The largest absolute Gasteiger partial charge is 0.490 e. The molecule has 1 aromatic carbocycles. The van der Waals surface area contributed by atoms with Crippen molar-refractivity contribution in [2.24, 2.45) is 11.8 Å². The minimum absolute atomic E-state index is 0.326. The molecule has 1 saturated carbocycles. The second-order valence-electron chi connectivity index (χ2n) is 6.76. The van der Waals surface area contributed by atoms with Gasteiger partial charge in [0.2, 0.25) is 0 Å². The molecule has 1 aliphatic rings. The van der Waals surface area contributed by atoms with Gasteiger partial charge in [-0.25, -0.2) is 0 Å². The highest BCUT2D eigenvalue weighted by Gasteiger charge is 2.26. The first-order chi connectivity index (χ1) is 9.97. The topological polar surface area (TPSA) is 21.3 Å². The zero-order valence-electron chi connectivity index (χ0n) is 13.7. The van der Waals surface area contributed by atoms with Gasteiger partial charge in [-0.2, -0.15) is 0 Å². The standard InChI is InChI=1S/C18H28ClNO/c1-12(2)20-11-16-17(19)6-5-7-18(16)21-15-9-8-13(3)14(4)10-15/h5-7,12-15,20H,8-11H2,1-4H3. The van der Waals surface area contributed by atoms with Crippen molar-refractivity contribution < 1.29 is 4.74 Å². The second-order valence-corrected chi connectivity index (χ2v) is 7.17. The number of rotatable bonds is 5. The highest BCUT2D eigenvalue weighted by atomic mass is 35.5. The molecule has 0 aliphatic heterocycles. The van der Waals surface area contributed by atoms with E-state index in [4.69, 9.17) is 16.3 Å². The molecule has 1 aliphatic carbocycles. The fraction of sp³-hybridized carbons (Fsp3) is 0.667. The predicted octanol–water partition coefficient (Wildman–Crippen LogP) is 5.04. The molecule has 1 N–H and O–H groups in total. The molecule has 2 rings (SSSR count). The van der Waals surface area contributed by atoms with Crippen LogP contribution in [0.25, 0.3) is 0 Å². The maximum absolute atomic E-state index is 6.36. The summed E-state index contributed by atoms with van der Waals surface area (Å²) in [7, 11) is 0. The van der Waals surface area contributed by atoms with Crippen molar-refractivity contribution in [1.29, 1.82) is 0 Å². The van der Waals surface area contributed by atoms with Gasteiger partial charge >= 0.3 is 0 Å². The van der Waals surface area contributed by atoms with Crippen molar-refractivity contribution in [3.05, 3.63) is 28.8 Å². The van der Waals surface area contributed by atoms with Crippen LogP contribution >= 0.6 is 11.6 Å². The lowest BCUT2D eigenvalue weighted by atomic mass is 9.80. The number of ether oxygens (including phenoxy) is 1. The summed E-state index contributed by atoms with van der Waals surface area (Å²) in [5, 5.41) is 4.22. The van der Waals surface area contributed by atoms with Gasteiger partial charge in [0.05, 0.1) is 6.10 Å². The average molecular weight is 310 g/mol. The molecule has 0 amide bonds. The average Bonchev–Trinajstić information content (AvgIpc) is 2.42. The zero-order chi connectivity index (χ0) is 15.4. The van der Waals surface area contributed by atoms with Gasteiger partial charge in [0, 0.05) is 23.2 Å². The van der Waals surface area contributed by atoms with Gasteiger partial charge in [-0.1, -0.05) is 45.4 Å². The Morgan fingerprint density at radius 3 is 2.67 bits per heavy atom. The van der Waals surface area contributed by atoms with Crippen LogP contribution in [-0.4, -0.2) is 12.1 Å². The first-order valence-corrected chi connectivity index (χ1v) is 8.52. The van der Waals surface area contributed by atoms with Crippen LogP contribution in [0.2, 0.25) is 5.02 Å². The molecule has 2 nitrogen and oxygen atoms in total. The SMILES string of the molecule is CC(C)NCc1c(Cl)cccc1OC1CCC(C)C(C)C1. The van der Waals surface area contributed by atoms with E-state index >= 15 is 0 Å². The lowest BCUT2D eigenvalue weighted by Gasteiger charge is -2.32. The molecule has 3 atom stereocenters. The monoisotopic (exact) mass is 309 g/mol. The quantitative estimate of drug-likeness (QED) is 0.822. The maximum Gasteiger partial charge on any atom is 0.125 e. The number of benzene rings is 1. The van der Waals surface area contributed by atoms with Crippen molar-refractivity contribution in [3.8, 4) is 5.75 Å². The van der Waals surface area contributed by atoms with Gasteiger partial charge in [-0.05, 0) is 43.2 Å². The molecule has 21 heavy (non-hydrogen) atoms. The highest BCUT2D eigenvalue weighted by Crippen LogP contribution is 2.34. The van der Waals surface area contributed by atoms with Crippen LogP contribution < -0.4 is 10.1 Å². The van der Waals surface area contributed by atoms with E-state index in [1.165, 1.54) is 6.42 Å². The summed E-state index contributed by atoms with van der Waals surface area (Å²) in [6, 6.07) is 6.40. The Labute approximate surface area is 134 Å². The molecule has 0 aromatic heterocycles. The summed E-state index contributed by atoms with van der Waals surface area (Å²) in [6.07, 6.45) is 3.87. The lowest BCUT2D eigenvalue weighted by molar-refractivity contribution is 0.0996. The van der Waals surface area contributed by atoms with E-state index in [1.807, 2.05) is 18.2 Å². The van der Waals surface area contributed by atoms with Crippen LogP contribution in [0.3, 0.4) is 0 Å². The Morgan fingerprint density at radius 2 is 2.00 bits per heavy atom. The first-order valence-electron chi connectivity index (χ1n) is 8.14. The molecule has 0 saturated heterocycles. The summed E-state index contributed by atoms with van der Waals surface area (Å²) in [4.78, 5) is 0. The van der Waals surface area contributed by atoms with Gasteiger partial charge in [-0.3, -0.25) is 0 Å². The van der Waals surface area contributed by atoms with E-state index in [0.717, 1.165) is 47.6 Å². The predicted molar refractivity (Wildman–Crippen MR) is 90.0 cm³/mol. The summed E-state index contributed by atoms with van der Waals surface area (Å²) < 4.78 is 6.29. The van der Waals surface area contributed by atoms with Crippen LogP contribution in [0, 0.1) is 11.8 Å². The van der Waals surface area contributed by atoms with Crippen LogP contribution in [0.1, 0.15) is 52.5 Å². The minimum atomic E-state index is 0.326. The van der Waals surface area contributed by atoms with E-state index in [-0.39, 0.29) is 0 Å². The molecule has 3 unspecified atom stereocenters. The molecule has 0 bridgehead atoms. The Hall–Kier alpha value is -0.730. The van der Waals surface area contributed by atoms with Crippen molar-refractivity contribution >= 4 is 11.6 Å². The molecule has 3 heteroatoms. The van der Waals surface area contributed by atoms with Crippen LogP contribution in [0.15, 0.2) is 18.2 Å². The normalized spacial score (nSPS) is 26.1. The fourth-order valence-electron chi connectivity index (χ4n) is 2.91. The third-order valence-corrected chi connectivity index (χ3v) is 4.96. The van der Waals surface area contributed by atoms with Crippen molar-refractivity contribution in [1.82, 2.24) is 5.32 Å². The van der Waals surface area contributed by atoms with Gasteiger partial charge in [0.1, 0.15) is 5.75 Å². The van der Waals surface area contributed by atoms with Crippen LogP contribution in [-0.2, 0) is 6.54 Å². The van der Waals surface area contributed by atoms with Crippen molar-refractivity contribution in [3.63, 3.8) is 0 Å². The second kappa shape index (κ2) is 7.51. The smallest absolute Gasteiger partial charge is 0.125 e. The summed E-state index contributed by atoms with van der Waals surface area (Å²) in [5.41, 5.74) is 1.08. The molecule has 1 fully saturated rings. The molecular formula is C18H28ClNO. The Morgan fingerprint density at radius 1 is 1.24 bits per heavy atom. The van der Waals surface area contributed by atoms with Gasteiger partial charge in [0.25, 0.3) is 0 Å². The number of hydrogen-bond acceptors (Lipinski definition) is 2. The van der Waals surface area contributed by atoms with Gasteiger partial charge < -0.3 is 10.1 Å². The van der Waals surface area contributed by atoms with E-state index in [9.17, 15) is 0 Å². The van der Waals surface area contributed by atoms with E-state index in [0.29, 0.717) is 12.1 Å².